The number of pyridine rings is 2. The van der Waals surface area contributed by atoms with Crippen molar-refractivity contribution in [2.75, 3.05) is 6.61 Å². The van der Waals surface area contributed by atoms with Crippen LogP contribution in [0.5, 0.6) is 0 Å². The Morgan fingerprint density at radius 2 is 1.97 bits per heavy atom. The molecular weight excluding hydrogens is 425 g/mol. The lowest BCUT2D eigenvalue weighted by molar-refractivity contribution is -0.222. The summed E-state index contributed by atoms with van der Waals surface area (Å²) in [6, 6.07) is 4.94. The van der Waals surface area contributed by atoms with Crippen molar-refractivity contribution in [1.29, 1.82) is 5.26 Å². The molecule has 4 rings (SSSR count). The molecule has 7 nitrogen and oxygen atoms in total. The van der Waals surface area contributed by atoms with Crippen molar-refractivity contribution in [2.45, 2.75) is 57.2 Å². The van der Waals surface area contributed by atoms with E-state index in [2.05, 4.69) is 4.98 Å². The monoisotopic (exact) mass is 448 g/mol. The third kappa shape index (κ3) is 4.23. The van der Waals surface area contributed by atoms with Crippen LogP contribution in [0.4, 0.5) is 13.2 Å². The summed E-state index contributed by atoms with van der Waals surface area (Å²) in [5.74, 6) is -0.0161. The number of nitrogens with zero attached hydrogens (tertiary/aromatic N) is 4. The van der Waals surface area contributed by atoms with Crippen LogP contribution in [0.15, 0.2) is 35.5 Å². The zero-order valence-corrected chi connectivity index (χ0v) is 17.3. The number of ether oxygens (including phenoxy) is 1. The van der Waals surface area contributed by atoms with Crippen LogP contribution in [0.25, 0.3) is 21.9 Å². The summed E-state index contributed by atoms with van der Waals surface area (Å²) in [5, 5.41) is 19.4. The van der Waals surface area contributed by atoms with Gasteiger partial charge >= 0.3 is 6.18 Å². The highest BCUT2D eigenvalue weighted by Crippen LogP contribution is 2.36. The van der Waals surface area contributed by atoms with Crippen molar-refractivity contribution in [2.24, 2.45) is 5.92 Å². The van der Waals surface area contributed by atoms with E-state index in [1.54, 1.807) is 17.0 Å². The maximum absolute atomic E-state index is 13.0. The minimum Gasteiger partial charge on any atom is -0.376 e. The van der Waals surface area contributed by atoms with E-state index in [0.717, 1.165) is 23.7 Å². The smallest absolute Gasteiger partial charge is 0.376 e. The molecule has 0 unspecified atom stereocenters. The fourth-order valence-corrected chi connectivity index (χ4v) is 4.51. The quantitative estimate of drug-likeness (QED) is 0.618. The van der Waals surface area contributed by atoms with E-state index in [1.807, 2.05) is 10.6 Å². The number of aromatic nitrogens is 3. The molecule has 0 saturated heterocycles. The fourth-order valence-electron chi connectivity index (χ4n) is 4.51. The first-order valence-electron chi connectivity index (χ1n) is 10.5. The normalized spacial score (nSPS) is 20.5. The molecule has 3 aromatic heterocycles. The molecule has 32 heavy (non-hydrogen) atoms. The van der Waals surface area contributed by atoms with Crippen LogP contribution in [0.3, 0.4) is 0 Å². The fraction of sp³-hybridized carbons (Fsp3) is 0.500. The van der Waals surface area contributed by atoms with Gasteiger partial charge in [-0.25, -0.2) is 4.98 Å². The van der Waals surface area contributed by atoms with Crippen LogP contribution in [0.2, 0.25) is 0 Å². The molecule has 0 bridgehead atoms. The molecule has 1 N–H and O–H groups in total. The average Bonchev–Trinajstić information content (AvgIpc) is 3.20. The van der Waals surface area contributed by atoms with Crippen molar-refractivity contribution in [3.05, 3.63) is 40.9 Å². The van der Waals surface area contributed by atoms with Crippen LogP contribution in [-0.2, 0) is 11.5 Å². The lowest BCUT2D eigenvalue weighted by atomic mass is 9.86. The summed E-state index contributed by atoms with van der Waals surface area (Å²) in [6.07, 6.45) is 0.504. The first kappa shape index (κ1) is 22.3. The third-order valence-electron chi connectivity index (χ3n) is 6.21. The molecule has 0 radical (unpaired) electrons. The number of aliphatic hydroxyl groups is 1. The van der Waals surface area contributed by atoms with Crippen LogP contribution in [-0.4, -0.2) is 38.1 Å². The molecule has 3 heterocycles. The maximum Gasteiger partial charge on any atom is 0.415 e. The van der Waals surface area contributed by atoms with Crippen LogP contribution >= 0.6 is 0 Å². The first-order valence-corrected chi connectivity index (χ1v) is 10.5. The molecule has 170 valence electrons. The molecule has 1 aliphatic carbocycles. The van der Waals surface area contributed by atoms with Gasteiger partial charge in [-0.05, 0) is 37.7 Å². The second-order valence-electron chi connectivity index (χ2n) is 8.17. The van der Waals surface area contributed by atoms with Gasteiger partial charge in [0.05, 0.1) is 30.0 Å². The van der Waals surface area contributed by atoms with Crippen molar-refractivity contribution >= 4 is 21.9 Å². The molecule has 3 aromatic rings. The number of rotatable bonds is 6. The number of alkyl halides is 3. The van der Waals surface area contributed by atoms with Crippen molar-refractivity contribution in [3.63, 3.8) is 0 Å². The Balaban J connectivity index is 1.53. The van der Waals surface area contributed by atoms with E-state index in [-0.39, 0.29) is 30.7 Å². The maximum atomic E-state index is 13.0. The second kappa shape index (κ2) is 8.92. The number of halogens is 3. The lowest BCUT2D eigenvalue weighted by Crippen LogP contribution is -2.33. The highest BCUT2D eigenvalue weighted by molar-refractivity contribution is 6.02. The van der Waals surface area contributed by atoms with E-state index >= 15 is 0 Å². The molecule has 1 aliphatic rings. The summed E-state index contributed by atoms with van der Waals surface area (Å²) in [5.41, 5.74) is 1.19. The summed E-state index contributed by atoms with van der Waals surface area (Å²) in [6.45, 7) is -0.258. The van der Waals surface area contributed by atoms with Gasteiger partial charge in [-0.3, -0.25) is 4.79 Å². The van der Waals surface area contributed by atoms with Gasteiger partial charge < -0.3 is 19.0 Å². The number of hydrogen-bond donors (Lipinski definition) is 1. The van der Waals surface area contributed by atoms with Gasteiger partial charge in [0.2, 0.25) is 0 Å². The standard InChI is InChI=1S/C22H23F3N4O3/c23-22(24,25)19(5-8-26)32-12-14-1-3-15(4-2-14)29-10-7-18(31)17-11-27-21-16(20(17)29)6-9-28(21)13-30/h6-7,9-11,14-15,19,30H,1-5,12-13H2/t14-,15-,19-/m1/s1. The Hall–Kier alpha value is -2.90. The van der Waals surface area contributed by atoms with Crippen molar-refractivity contribution in [1.82, 2.24) is 14.1 Å². The average molecular weight is 448 g/mol. The molecule has 0 aliphatic heterocycles. The second-order valence-corrected chi connectivity index (χ2v) is 8.17. The summed E-state index contributed by atoms with van der Waals surface area (Å²) < 4.78 is 47.6. The highest BCUT2D eigenvalue weighted by Gasteiger charge is 2.41. The predicted molar refractivity (Wildman–Crippen MR) is 111 cm³/mol. The first-order chi connectivity index (χ1) is 15.3. The van der Waals surface area contributed by atoms with E-state index in [0.29, 0.717) is 23.9 Å². The van der Waals surface area contributed by atoms with Gasteiger partial charge in [-0.2, -0.15) is 18.4 Å². The van der Waals surface area contributed by atoms with Gasteiger partial charge in [0.25, 0.3) is 0 Å². The largest absolute Gasteiger partial charge is 0.415 e. The van der Waals surface area contributed by atoms with E-state index in [9.17, 15) is 23.1 Å². The van der Waals surface area contributed by atoms with Gasteiger partial charge in [-0.15, -0.1) is 0 Å². The summed E-state index contributed by atoms with van der Waals surface area (Å²) in [4.78, 5) is 16.8. The Morgan fingerprint density at radius 3 is 2.62 bits per heavy atom. The topological polar surface area (TPSA) is 93.1 Å². The minimum atomic E-state index is -4.55. The van der Waals surface area contributed by atoms with Gasteiger partial charge in [0, 0.05) is 36.1 Å². The van der Waals surface area contributed by atoms with Crippen LogP contribution in [0, 0.1) is 17.2 Å². The molecule has 0 spiro atoms. The minimum absolute atomic E-state index is 0.0161. The summed E-state index contributed by atoms with van der Waals surface area (Å²) >= 11 is 0. The Labute approximate surface area is 181 Å². The zero-order valence-electron chi connectivity index (χ0n) is 17.3. The van der Waals surface area contributed by atoms with Crippen molar-refractivity contribution < 1.29 is 23.0 Å². The molecule has 10 heteroatoms. The zero-order chi connectivity index (χ0) is 22.9. The number of nitriles is 1. The predicted octanol–water partition coefficient (Wildman–Crippen LogP) is 3.89. The van der Waals surface area contributed by atoms with E-state index in [1.165, 1.54) is 18.3 Å². The van der Waals surface area contributed by atoms with Crippen LogP contribution < -0.4 is 5.43 Å². The SMILES string of the molecule is N#CC[C@@H](OC[C@H]1CC[C@H](n2ccc(=O)c3cnc4c(ccn4CO)c32)CC1)C(F)(F)F. The molecule has 0 amide bonds. The molecular formula is C22H23F3N4O3. The Morgan fingerprint density at radius 1 is 1.22 bits per heavy atom. The third-order valence-corrected chi connectivity index (χ3v) is 6.21. The van der Waals surface area contributed by atoms with E-state index < -0.39 is 18.7 Å². The van der Waals surface area contributed by atoms with Crippen LogP contribution in [0.1, 0.15) is 38.1 Å². The van der Waals surface area contributed by atoms with Gasteiger partial charge in [-0.1, -0.05) is 0 Å². The van der Waals surface area contributed by atoms with Gasteiger partial charge in [0.15, 0.2) is 11.5 Å². The lowest BCUT2D eigenvalue weighted by Gasteiger charge is -2.32. The molecule has 1 fully saturated rings. The number of fused-ring (bicyclic) bond motifs is 3. The number of aliphatic hydroxyl groups excluding tert-OH is 1. The number of hydrogen-bond acceptors (Lipinski definition) is 5. The molecule has 0 aromatic carbocycles. The molecule has 1 atom stereocenters. The highest BCUT2D eigenvalue weighted by atomic mass is 19.4. The van der Waals surface area contributed by atoms with Crippen molar-refractivity contribution in [3.8, 4) is 6.07 Å². The van der Waals surface area contributed by atoms with Gasteiger partial charge in [0.1, 0.15) is 12.4 Å². The Bertz CT molecular complexity index is 1200. The molecule has 1 saturated carbocycles. The Kier molecular flexibility index (Phi) is 6.22. The summed E-state index contributed by atoms with van der Waals surface area (Å²) in [7, 11) is 0. The van der Waals surface area contributed by atoms with E-state index in [4.69, 9.17) is 10.00 Å².